The Labute approximate surface area is 165 Å². The van der Waals surface area contributed by atoms with E-state index < -0.39 is 23.6 Å². The van der Waals surface area contributed by atoms with Crippen molar-refractivity contribution in [3.05, 3.63) is 36.2 Å². The monoisotopic (exact) mass is 405 g/mol. The molecule has 3 aliphatic rings. The van der Waals surface area contributed by atoms with Crippen molar-refractivity contribution in [2.75, 3.05) is 18.5 Å². The third-order valence-corrected chi connectivity index (χ3v) is 6.15. The number of thioether (sulfide) groups is 1. The number of hydrogen-bond acceptors (Lipinski definition) is 6. The SMILES string of the molecule is NC(=O)C1C2=CC(CC3(CC2)OCCO3)SC1=NC(=O)Nc1cc[n+](O)cc1. The zero-order valence-corrected chi connectivity index (χ0v) is 15.9. The lowest BCUT2D eigenvalue weighted by Gasteiger charge is -2.29. The van der Waals surface area contributed by atoms with Crippen molar-refractivity contribution < 1.29 is 29.0 Å². The molecule has 3 heterocycles. The Morgan fingerprint density at radius 3 is 2.71 bits per heavy atom. The summed E-state index contributed by atoms with van der Waals surface area (Å²) in [6, 6.07) is 2.45. The number of fused-ring (bicyclic) bond motifs is 1. The number of aromatic nitrogens is 1. The number of nitrogens with zero attached hydrogens (tertiary/aromatic N) is 2. The van der Waals surface area contributed by atoms with E-state index in [1.54, 1.807) is 0 Å². The number of aliphatic imine (C=N–C) groups is 1. The standard InChI is InChI=1S/C18H20N4O5S/c19-15(23)14-11-1-4-18(26-7-8-27-18)10-13(9-11)28-16(14)21-17(24)20-12-2-5-22(25)6-3-12/h2-3,5-6,9,13-14,25H,1,4,7-8,10H2,(H2,19,23)/p+1. The molecule has 0 aromatic carbocycles. The second-order valence-electron chi connectivity index (χ2n) is 6.89. The first-order valence-corrected chi connectivity index (χ1v) is 9.87. The maximum absolute atomic E-state index is 12.4. The van der Waals surface area contributed by atoms with Crippen molar-refractivity contribution in [3.8, 4) is 0 Å². The molecule has 1 aliphatic carbocycles. The van der Waals surface area contributed by atoms with Gasteiger partial charge in [-0.25, -0.2) is 4.79 Å². The summed E-state index contributed by atoms with van der Waals surface area (Å²) in [5, 5.41) is 12.2. The van der Waals surface area contributed by atoms with Gasteiger partial charge in [-0.15, -0.1) is 11.8 Å². The molecule has 4 rings (SSSR count). The van der Waals surface area contributed by atoms with Crippen LogP contribution >= 0.6 is 11.8 Å². The van der Waals surface area contributed by atoms with Crippen LogP contribution in [-0.2, 0) is 14.3 Å². The lowest BCUT2D eigenvalue weighted by molar-refractivity contribution is -0.904. The number of amides is 3. The maximum Gasteiger partial charge on any atom is 0.346 e. The van der Waals surface area contributed by atoms with Crippen molar-refractivity contribution in [2.45, 2.75) is 30.3 Å². The van der Waals surface area contributed by atoms with Crippen LogP contribution in [-0.4, -0.2) is 46.4 Å². The van der Waals surface area contributed by atoms with E-state index in [0.29, 0.717) is 43.2 Å². The molecule has 3 amide bonds. The predicted molar refractivity (Wildman–Crippen MR) is 101 cm³/mol. The lowest BCUT2D eigenvalue weighted by Crippen LogP contribution is -2.35. The molecule has 2 unspecified atom stereocenters. The number of urea groups is 1. The molecule has 1 aromatic heterocycles. The molecule has 2 atom stereocenters. The molecule has 0 radical (unpaired) electrons. The number of pyridine rings is 1. The van der Waals surface area contributed by atoms with Crippen molar-refractivity contribution in [2.24, 2.45) is 16.6 Å². The zero-order chi connectivity index (χ0) is 19.7. The first-order valence-electron chi connectivity index (χ1n) is 8.99. The number of ether oxygens (including phenoxy) is 2. The highest BCUT2D eigenvalue weighted by Crippen LogP contribution is 2.44. The van der Waals surface area contributed by atoms with Crippen LogP contribution in [0.15, 0.2) is 41.2 Å². The van der Waals surface area contributed by atoms with E-state index in [2.05, 4.69) is 10.3 Å². The van der Waals surface area contributed by atoms with Gasteiger partial charge in [-0.3, -0.25) is 10.0 Å². The average molecular weight is 405 g/mol. The minimum atomic E-state index is -0.723. The fourth-order valence-corrected chi connectivity index (χ4v) is 5.16. The van der Waals surface area contributed by atoms with Gasteiger partial charge < -0.3 is 20.5 Å². The molecule has 1 saturated heterocycles. The van der Waals surface area contributed by atoms with Gasteiger partial charge in [-0.1, -0.05) is 11.6 Å². The normalized spacial score (nSPS) is 27.3. The van der Waals surface area contributed by atoms with Crippen molar-refractivity contribution in [1.82, 2.24) is 0 Å². The van der Waals surface area contributed by atoms with Crippen LogP contribution in [0.25, 0.3) is 0 Å². The summed E-state index contributed by atoms with van der Waals surface area (Å²) in [5.74, 6) is -1.90. The number of rotatable bonds is 2. The number of nitrogens with one attached hydrogen (secondary N) is 1. The van der Waals surface area contributed by atoms with E-state index in [1.807, 2.05) is 6.08 Å². The summed E-state index contributed by atoms with van der Waals surface area (Å²) in [6.07, 6.45) is 6.66. The third kappa shape index (κ3) is 3.89. The Hall–Kier alpha value is -2.43. The first kappa shape index (κ1) is 18.9. The van der Waals surface area contributed by atoms with Gasteiger partial charge >= 0.3 is 6.03 Å². The smallest absolute Gasteiger partial charge is 0.346 e. The first-order chi connectivity index (χ1) is 13.4. The van der Waals surface area contributed by atoms with E-state index in [4.69, 9.17) is 15.2 Å². The molecule has 1 fully saturated rings. The number of carbonyl (C=O) groups excluding carboxylic acids is 2. The number of carbonyl (C=O) groups is 2. The molecule has 28 heavy (non-hydrogen) atoms. The van der Waals surface area contributed by atoms with Crippen LogP contribution in [0.3, 0.4) is 0 Å². The Morgan fingerprint density at radius 1 is 1.32 bits per heavy atom. The van der Waals surface area contributed by atoms with Gasteiger partial charge in [0.15, 0.2) is 5.79 Å². The third-order valence-electron chi connectivity index (χ3n) is 4.97. The van der Waals surface area contributed by atoms with Gasteiger partial charge in [0.25, 0.3) is 0 Å². The molecule has 0 saturated carbocycles. The quantitative estimate of drug-likeness (QED) is 0.386. The highest BCUT2D eigenvalue weighted by molar-refractivity contribution is 8.14. The van der Waals surface area contributed by atoms with Gasteiger partial charge in [0.2, 0.25) is 18.3 Å². The topological polar surface area (TPSA) is 127 Å². The molecule has 10 heteroatoms. The maximum atomic E-state index is 12.4. The lowest BCUT2D eigenvalue weighted by atomic mass is 9.94. The summed E-state index contributed by atoms with van der Waals surface area (Å²) in [6.45, 7) is 1.11. The van der Waals surface area contributed by atoms with Crippen LogP contribution in [0.1, 0.15) is 19.3 Å². The molecule has 1 aromatic rings. The van der Waals surface area contributed by atoms with Crippen LogP contribution < -0.4 is 15.8 Å². The molecule has 2 bridgehead atoms. The van der Waals surface area contributed by atoms with Gasteiger partial charge in [0.05, 0.1) is 23.9 Å². The zero-order valence-electron chi connectivity index (χ0n) is 15.0. The molecule has 4 N–H and O–H groups in total. The second kappa shape index (κ2) is 7.53. The number of hydrogen-bond donors (Lipinski definition) is 3. The van der Waals surface area contributed by atoms with E-state index in [0.717, 1.165) is 10.3 Å². The van der Waals surface area contributed by atoms with Crippen molar-refractivity contribution in [1.29, 1.82) is 0 Å². The summed E-state index contributed by atoms with van der Waals surface area (Å²) in [4.78, 5) is 28.6. The van der Waals surface area contributed by atoms with Gasteiger partial charge in [0.1, 0.15) is 5.92 Å². The summed E-state index contributed by atoms with van der Waals surface area (Å²) in [7, 11) is 0. The van der Waals surface area contributed by atoms with Crippen molar-refractivity contribution in [3.63, 3.8) is 0 Å². The Balaban J connectivity index is 1.56. The van der Waals surface area contributed by atoms with Gasteiger partial charge in [-0.2, -0.15) is 4.99 Å². The fraction of sp³-hybridized carbons (Fsp3) is 0.444. The minimum absolute atomic E-state index is 0.0113. The van der Waals surface area contributed by atoms with Gasteiger partial charge in [-0.05, 0) is 6.42 Å². The van der Waals surface area contributed by atoms with Crippen LogP contribution in [0.2, 0.25) is 0 Å². The van der Waals surface area contributed by atoms with E-state index in [-0.39, 0.29) is 5.25 Å². The van der Waals surface area contributed by atoms with Crippen LogP contribution in [0.5, 0.6) is 0 Å². The molecular formula is C18H21N4O5S+. The Morgan fingerprint density at radius 2 is 2.04 bits per heavy atom. The van der Waals surface area contributed by atoms with Crippen molar-refractivity contribution >= 4 is 34.4 Å². The van der Waals surface area contributed by atoms with Gasteiger partial charge in [0, 0.05) is 35.0 Å². The van der Waals surface area contributed by atoms with E-state index in [9.17, 15) is 14.8 Å². The highest BCUT2D eigenvalue weighted by Gasteiger charge is 2.45. The summed E-state index contributed by atoms with van der Waals surface area (Å²) in [5.41, 5.74) is 6.97. The minimum Gasteiger partial charge on any atom is -0.369 e. The van der Waals surface area contributed by atoms with E-state index >= 15 is 0 Å². The van der Waals surface area contributed by atoms with E-state index in [1.165, 1.54) is 36.3 Å². The van der Waals surface area contributed by atoms with Crippen LogP contribution in [0.4, 0.5) is 10.5 Å². The molecule has 2 aliphatic heterocycles. The number of anilines is 1. The molecular weight excluding hydrogens is 384 g/mol. The Kier molecular flexibility index (Phi) is 5.09. The molecule has 1 spiro atoms. The average Bonchev–Trinajstić information content (AvgIpc) is 3.04. The highest BCUT2D eigenvalue weighted by atomic mass is 32.2. The predicted octanol–water partition coefficient (Wildman–Crippen LogP) is 1.21. The number of nitrogens with two attached hydrogens (primary N) is 1. The fourth-order valence-electron chi connectivity index (χ4n) is 3.73. The second-order valence-corrected chi connectivity index (χ2v) is 8.15. The largest absolute Gasteiger partial charge is 0.369 e. The summed E-state index contributed by atoms with van der Waals surface area (Å²) < 4.78 is 12.6. The number of primary amides is 1. The molecule has 148 valence electrons. The summed E-state index contributed by atoms with van der Waals surface area (Å²) >= 11 is 1.35. The Bertz CT molecular complexity index is 848. The molecule has 9 nitrogen and oxygen atoms in total. The van der Waals surface area contributed by atoms with Crippen LogP contribution in [0, 0.1) is 5.92 Å².